The first kappa shape index (κ1) is 50.9. The second-order valence-corrected chi connectivity index (χ2v) is 15.3. The number of carbonyl (C=O) groups excluding carboxylic acids is 9. The standard InChI is InChI=1S/C40H64N12O9/c1-7-27(48-34(56)24(5)47-33(55)23(4)46-25(6)53)36(58)49-28(16-12-18-44-40(41)42)37(59)50-29-15-11-17-43-32(54)21-45-35(57)31(20-26-13-9-8-10-14-26)52-39(61)30(19-22(2)3)51-38(29)60/h8-10,13-14,22-24,27-31H,7,11-12,15-21H2,1-6H3,(H,43,54)(H,45,57)(H,46,53)(H,47,55)(H,48,56)(H,49,58)(H,50,59)(H,51,60)(H,52,61)(H4,41,42,44)/t23-,24-,27-,28-,29-,30-,31-/m0/s1. The fourth-order valence-corrected chi connectivity index (χ4v) is 6.20. The highest BCUT2D eigenvalue weighted by atomic mass is 16.2. The zero-order valence-electron chi connectivity index (χ0n) is 35.9. The molecular weight excluding hydrogens is 793 g/mol. The van der Waals surface area contributed by atoms with E-state index in [4.69, 9.17) is 11.5 Å². The van der Waals surface area contributed by atoms with Crippen LogP contribution < -0.4 is 59.3 Å². The van der Waals surface area contributed by atoms with Gasteiger partial charge in [-0.25, -0.2) is 0 Å². The lowest BCUT2D eigenvalue weighted by molar-refractivity contribution is -0.136. The number of rotatable bonds is 18. The number of hydrogen-bond donors (Lipinski definition) is 11. The minimum atomic E-state index is -1.27. The molecule has 0 bridgehead atoms. The fourth-order valence-electron chi connectivity index (χ4n) is 6.20. The molecule has 13 N–H and O–H groups in total. The molecule has 1 aromatic carbocycles. The predicted octanol–water partition coefficient (Wildman–Crippen LogP) is -2.78. The van der Waals surface area contributed by atoms with E-state index in [1.807, 2.05) is 19.9 Å². The molecule has 21 heteroatoms. The van der Waals surface area contributed by atoms with E-state index in [9.17, 15) is 43.2 Å². The van der Waals surface area contributed by atoms with Crippen molar-refractivity contribution >= 4 is 59.1 Å². The second kappa shape index (κ2) is 26.0. The number of benzene rings is 1. The lowest BCUT2D eigenvalue weighted by Crippen LogP contribution is -2.60. The third-order valence-electron chi connectivity index (χ3n) is 9.49. The highest BCUT2D eigenvalue weighted by molar-refractivity contribution is 5.97. The molecular formula is C40H64N12O9. The van der Waals surface area contributed by atoms with E-state index in [0.717, 1.165) is 5.56 Å². The summed E-state index contributed by atoms with van der Waals surface area (Å²) in [5.41, 5.74) is 11.7. The van der Waals surface area contributed by atoms with E-state index in [1.54, 1.807) is 31.2 Å². The predicted molar refractivity (Wildman–Crippen MR) is 226 cm³/mol. The smallest absolute Gasteiger partial charge is 0.243 e. The summed E-state index contributed by atoms with van der Waals surface area (Å²) in [4.78, 5) is 122. The zero-order valence-corrected chi connectivity index (χ0v) is 35.9. The molecule has 21 nitrogen and oxygen atoms in total. The summed E-state index contributed by atoms with van der Waals surface area (Å²) in [6.45, 7) is 9.24. The maximum Gasteiger partial charge on any atom is 0.243 e. The number of guanidine groups is 1. The van der Waals surface area contributed by atoms with Crippen LogP contribution in [0.1, 0.15) is 85.6 Å². The third-order valence-corrected chi connectivity index (χ3v) is 9.49. The number of hydrogen-bond acceptors (Lipinski definition) is 10. The average molecular weight is 857 g/mol. The molecule has 0 aromatic heterocycles. The van der Waals surface area contributed by atoms with Gasteiger partial charge in [0, 0.05) is 26.4 Å². The van der Waals surface area contributed by atoms with Gasteiger partial charge < -0.3 is 59.3 Å². The Hall–Kier alpha value is -6.28. The molecule has 1 fully saturated rings. The highest BCUT2D eigenvalue weighted by Crippen LogP contribution is 2.11. The third kappa shape index (κ3) is 19.1. The maximum absolute atomic E-state index is 14.0. The van der Waals surface area contributed by atoms with Gasteiger partial charge >= 0.3 is 0 Å². The van der Waals surface area contributed by atoms with Crippen molar-refractivity contribution < 1.29 is 43.2 Å². The molecule has 0 saturated carbocycles. The molecule has 7 atom stereocenters. The monoisotopic (exact) mass is 856 g/mol. The van der Waals surface area contributed by atoms with Gasteiger partial charge in [-0.2, -0.15) is 0 Å². The molecule has 338 valence electrons. The van der Waals surface area contributed by atoms with Crippen LogP contribution in [0.25, 0.3) is 0 Å². The average Bonchev–Trinajstić information content (AvgIpc) is 3.19. The number of nitrogens with one attached hydrogen (secondary N) is 9. The summed E-state index contributed by atoms with van der Waals surface area (Å²) in [6, 6.07) is 1.07. The van der Waals surface area contributed by atoms with E-state index in [2.05, 4.69) is 52.8 Å². The van der Waals surface area contributed by atoms with Crippen LogP contribution in [-0.2, 0) is 49.6 Å². The van der Waals surface area contributed by atoms with Crippen LogP contribution in [0.5, 0.6) is 0 Å². The Balaban J connectivity index is 2.35. The first-order valence-corrected chi connectivity index (χ1v) is 20.5. The van der Waals surface area contributed by atoms with Crippen molar-refractivity contribution in [3.05, 3.63) is 35.9 Å². The van der Waals surface area contributed by atoms with E-state index in [-0.39, 0.29) is 76.5 Å². The minimum absolute atomic E-state index is 0.00115. The van der Waals surface area contributed by atoms with Crippen molar-refractivity contribution in [3.63, 3.8) is 0 Å². The quantitative estimate of drug-likeness (QED) is 0.0408. The zero-order chi connectivity index (χ0) is 45.6. The fraction of sp³-hybridized carbons (Fsp3) is 0.600. The van der Waals surface area contributed by atoms with Gasteiger partial charge in [-0.1, -0.05) is 51.1 Å². The Morgan fingerprint density at radius 3 is 2.02 bits per heavy atom. The Morgan fingerprint density at radius 2 is 1.39 bits per heavy atom. The summed E-state index contributed by atoms with van der Waals surface area (Å²) in [6.07, 6.45) is 0.788. The Labute approximate surface area is 356 Å². The first-order valence-electron chi connectivity index (χ1n) is 20.5. The molecule has 0 radical (unpaired) electrons. The van der Waals surface area contributed by atoms with Gasteiger partial charge in [0.05, 0.1) is 6.54 Å². The Kier molecular flexibility index (Phi) is 21.7. The molecule has 61 heavy (non-hydrogen) atoms. The highest BCUT2D eigenvalue weighted by Gasteiger charge is 2.33. The Morgan fingerprint density at radius 1 is 0.770 bits per heavy atom. The van der Waals surface area contributed by atoms with Crippen LogP contribution in [-0.4, -0.2) is 121 Å². The van der Waals surface area contributed by atoms with Crippen LogP contribution in [0, 0.1) is 5.92 Å². The molecule has 2 rings (SSSR count). The summed E-state index contributed by atoms with van der Waals surface area (Å²) < 4.78 is 0. The largest absolute Gasteiger partial charge is 0.370 e. The van der Waals surface area contributed by atoms with Gasteiger partial charge in [-0.3, -0.25) is 48.1 Å². The van der Waals surface area contributed by atoms with Gasteiger partial charge in [0.1, 0.15) is 42.3 Å². The van der Waals surface area contributed by atoms with Gasteiger partial charge in [0.15, 0.2) is 5.96 Å². The van der Waals surface area contributed by atoms with Gasteiger partial charge in [0.25, 0.3) is 0 Å². The van der Waals surface area contributed by atoms with Crippen molar-refractivity contribution in [3.8, 4) is 0 Å². The van der Waals surface area contributed by atoms with Crippen LogP contribution in [0.15, 0.2) is 35.3 Å². The Bertz CT molecular complexity index is 1720. The summed E-state index contributed by atoms with van der Waals surface area (Å²) in [7, 11) is 0. The number of aliphatic imine (C=N–C) groups is 1. The van der Waals surface area contributed by atoms with Crippen LogP contribution in [0.3, 0.4) is 0 Å². The lowest BCUT2D eigenvalue weighted by Gasteiger charge is -2.28. The number of nitrogens with zero attached hydrogens (tertiary/aromatic N) is 1. The van der Waals surface area contributed by atoms with Crippen molar-refractivity contribution in [2.45, 2.75) is 129 Å². The molecule has 1 heterocycles. The molecule has 1 aromatic rings. The minimum Gasteiger partial charge on any atom is -0.370 e. The summed E-state index contributed by atoms with van der Waals surface area (Å²) in [5, 5.41) is 23.5. The number of nitrogens with two attached hydrogens (primary N) is 2. The van der Waals surface area contributed by atoms with E-state index >= 15 is 0 Å². The van der Waals surface area contributed by atoms with Crippen LogP contribution in [0.2, 0.25) is 0 Å². The number of carbonyl (C=O) groups is 9. The van der Waals surface area contributed by atoms with E-state index < -0.39 is 95.5 Å². The summed E-state index contributed by atoms with van der Waals surface area (Å²) >= 11 is 0. The van der Waals surface area contributed by atoms with Gasteiger partial charge in [0.2, 0.25) is 53.2 Å². The molecule has 0 unspecified atom stereocenters. The van der Waals surface area contributed by atoms with E-state index in [1.165, 1.54) is 20.8 Å². The van der Waals surface area contributed by atoms with Crippen LogP contribution >= 0.6 is 0 Å². The molecule has 0 aliphatic carbocycles. The second-order valence-electron chi connectivity index (χ2n) is 15.3. The first-order chi connectivity index (χ1) is 28.8. The van der Waals surface area contributed by atoms with Crippen molar-refractivity contribution in [2.24, 2.45) is 22.4 Å². The maximum atomic E-state index is 14.0. The van der Waals surface area contributed by atoms with Crippen molar-refractivity contribution in [2.75, 3.05) is 19.6 Å². The summed E-state index contributed by atoms with van der Waals surface area (Å²) in [5.74, 6) is -5.99. The lowest BCUT2D eigenvalue weighted by atomic mass is 10.00. The molecule has 1 aliphatic heterocycles. The van der Waals surface area contributed by atoms with Crippen molar-refractivity contribution in [1.29, 1.82) is 0 Å². The van der Waals surface area contributed by atoms with Gasteiger partial charge in [-0.05, 0) is 63.9 Å². The normalized spacial score (nSPS) is 19.6. The molecule has 0 spiro atoms. The van der Waals surface area contributed by atoms with Crippen molar-refractivity contribution in [1.82, 2.24) is 47.9 Å². The topological polar surface area (TPSA) is 326 Å². The molecule has 1 aliphatic rings. The van der Waals surface area contributed by atoms with E-state index in [0.29, 0.717) is 0 Å². The SMILES string of the molecule is CC[C@H](NC(=O)[C@H](C)NC(=O)[C@H](C)NC(C)=O)C(=O)N[C@@H](CCCN=C(N)N)C(=O)N[C@H]1CCCNC(=O)CNC(=O)[C@H](Cc2ccccc2)NC(=O)[C@H](CC(C)C)NC1=O. The number of amides is 9. The molecule has 9 amide bonds. The van der Waals surface area contributed by atoms with Crippen LogP contribution in [0.4, 0.5) is 0 Å². The van der Waals surface area contributed by atoms with Gasteiger partial charge in [-0.15, -0.1) is 0 Å². The molecule has 1 saturated heterocycles.